The zero-order valence-electron chi connectivity index (χ0n) is 11.5. The first-order valence-electron chi connectivity index (χ1n) is 6.66. The van der Waals surface area contributed by atoms with Crippen molar-refractivity contribution >= 4 is 10.8 Å². The van der Waals surface area contributed by atoms with Crippen molar-refractivity contribution in [3.8, 4) is 0 Å². The van der Waals surface area contributed by atoms with Crippen LogP contribution in [-0.2, 0) is 0 Å². The molecule has 2 nitrogen and oxygen atoms in total. The predicted molar refractivity (Wildman–Crippen MR) is 79.0 cm³/mol. The number of fused-ring (bicyclic) bond motifs is 1. The number of halogens is 2. The van der Waals surface area contributed by atoms with Crippen LogP contribution >= 0.6 is 0 Å². The number of pyridine rings is 1. The Morgan fingerprint density at radius 3 is 2.57 bits per heavy atom. The van der Waals surface area contributed by atoms with E-state index in [4.69, 9.17) is 0 Å². The molecule has 1 N–H and O–H groups in total. The number of aromatic nitrogens is 1. The monoisotopic (exact) mass is 284 g/mol. The lowest BCUT2D eigenvalue weighted by atomic mass is 9.94. The lowest BCUT2D eigenvalue weighted by Crippen LogP contribution is -2.19. The molecule has 0 saturated carbocycles. The molecule has 1 unspecified atom stereocenters. The van der Waals surface area contributed by atoms with E-state index in [2.05, 4.69) is 10.3 Å². The van der Waals surface area contributed by atoms with Crippen LogP contribution in [0.2, 0.25) is 0 Å². The van der Waals surface area contributed by atoms with E-state index in [-0.39, 0.29) is 0 Å². The zero-order chi connectivity index (χ0) is 14.8. The number of nitrogens with one attached hydrogen (secondary N) is 1. The van der Waals surface area contributed by atoms with E-state index in [1.165, 1.54) is 6.07 Å². The fraction of sp³-hybridized carbons (Fsp3) is 0.118. The molecule has 2 aromatic carbocycles. The van der Waals surface area contributed by atoms with Gasteiger partial charge in [-0.15, -0.1) is 0 Å². The summed E-state index contributed by atoms with van der Waals surface area (Å²) in [5.74, 6) is -1.66. The van der Waals surface area contributed by atoms with Crippen molar-refractivity contribution in [1.29, 1.82) is 0 Å². The predicted octanol–water partition coefficient (Wildman–Crippen LogP) is 3.82. The molecule has 0 aliphatic heterocycles. The van der Waals surface area contributed by atoms with Gasteiger partial charge in [0.1, 0.15) is 0 Å². The van der Waals surface area contributed by atoms with Crippen molar-refractivity contribution in [3.63, 3.8) is 0 Å². The summed E-state index contributed by atoms with van der Waals surface area (Å²) in [5.41, 5.74) is 1.18. The van der Waals surface area contributed by atoms with Crippen molar-refractivity contribution in [1.82, 2.24) is 10.3 Å². The molecule has 0 saturated heterocycles. The Kier molecular flexibility index (Phi) is 3.62. The van der Waals surface area contributed by atoms with Crippen molar-refractivity contribution in [2.24, 2.45) is 0 Å². The third-order valence-electron chi connectivity index (χ3n) is 3.61. The normalized spacial score (nSPS) is 12.5. The fourth-order valence-electron chi connectivity index (χ4n) is 2.62. The van der Waals surface area contributed by atoms with Gasteiger partial charge in [-0.05, 0) is 30.1 Å². The Morgan fingerprint density at radius 2 is 1.76 bits per heavy atom. The highest BCUT2D eigenvalue weighted by molar-refractivity contribution is 5.85. The summed E-state index contributed by atoms with van der Waals surface area (Å²) in [5, 5.41) is 5.00. The standard InChI is InChI=1S/C17H14F2N2/c1-20-17(14-6-3-7-15(18)16(14)19)13-5-2-4-11-10-21-9-8-12(11)13/h2-10,17,20H,1H3. The van der Waals surface area contributed by atoms with E-state index in [1.54, 1.807) is 25.5 Å². The van der Waals surface area contributed by atoms with Gasteiger partial charge in [0.2, 0.25) is 0 Å². The molecule has 0 bridgehead atoms. The molecule has 0 amide bonds. The topological polar surface area (TPSA) is 24.9 Å². The maximum absolute atomic E-state index is 14.1. The average Bonchev–Trinajstić information content (AvgIpc) is 2.52. The third kappa shape index (κ3) is 2.38. The van der Waals surface area contributed by atoms with Crippen LogP contribution in [0.3, 0.4) is 0 Å². The van der Waals surface area contributed by atoms with Crippen LogP contribution in [0.15, 0.2) is 54.9 Å². The second-order valence-corrected chi connectivity index (χ2v) is 4.81. The number of nitrogens with zero attached hydrogens (tertiary/aromatic N) is 1. The largest absolute Gasteiger partial charge is 0.309 e. The molecule has 0 spiro atoms. The van der Waals surface area contributed by atoms with Gasteiger partial charge in [-0.1, -0.05) is 30.3 Å². The molecule has 0 aliphatic rings. The Morgan fingerprint density at radius 1 is 1.00 bits per heavy atom. The Balaban J connectivity index is 2.21. The van der Waals surface area contributed by atoms with Crippen LogP contribution < -0.4 is 5.32 Å². The number of hydrogen-bond donors (Lipinski definition) is 1. The molecule has 3 rings (SSSR count). The highest BCUT2D eigenvalue weighted by Crippen LogP contribution is 2.30. The maximum atomic E-state index is 14.1. The van der Waals surface area contributed by atoms with Gasteiger partial charge in [0, 0.05) is 23.3 Å². The van der Waals surface area contributed by atoms with Crippen LogP contribution in [0.4, 0.5) is 8.78 Å². The van der Waals surface area contributed by atoms with Crippen LogP contribution in [-0.4, -0.2) is 12.0 Å². The second-order valence-electron chi connectivity index (χ2n) is 4.81. The summed E-state index contributed by atoms with van der Waals surface area (Å²) >= 11 is 0. The minimum absolute atomic E-state index is 0.293. The average molecular weight is 284 g/mol. The van der Waals surface area contributed by atoms with E-state index >= 15 is 0 Å². The molecule has 4 heteroatoms. The molecule has 21 heavy (non-hydrogen) atoms. The van der Waals surface area contributed by atoms with E-state index in [9.17, 15) is 8.78 Å². The first-order valence-corrected chi connectivity index (χ1v) is 6.66. The van der Waals surface area contributed by atoms with Gasteiger partial charge >= 0.3 is 0 Å². The lowest BCUT2D eigenvalue weighted by Gasteiger charge is -2.20. The van der Waals surface area contributed by atoms with Crippen molar-refractivity contribution in [3.05, 3.63) is 77.6 Å². The van der Waals surface area contributed by atoms with E-state index < -0.39 is 17.7 Å². The minimum atomic E-state index is -0.838. The molecule has 0 radical (unpaired) electrons. The van der Waals surface area contributed by atoms with Gasteiger partial charge in [-0.25, -0.2) is 8.78 Å². The van der Waals surface area contributed by atoms with Crippen LogP contribution in [0.25, 0.3) is 10.8 Å². The van der Waals surface area contributed by atoms with Crippen LogP contribution in [0.5, 0.6) is 0 Å². The first-order chi connectivity index (χ1) is 10.2. The lowest BCUT2D eigenvalue weighted by molar-refractivity contribution is 0.487. The number of hydrogen-bond acceptors (Lipinski definition) is 2. The summed E-state index contributed by atoms with van der Waals surface area (Å²) < 4.78 is 27.6. The van der Waals surface area contributed by atoms with Gasteiger partial charge < -0.3 is 5.32 Å². The molecule has 3 aromatic rings. The molecule has 106 valence electrons. The van der Waals surface area contributed by atoms with E-state index in [1.807, 2.05) is 24.3 Å². The first kappa shape index (κ1) is 13.6. The minimum Gasteiger partial charge on any atom is -0.309 e. The van der Waals surface area contributed by atoms with Gasteiger partial charge in [-0.2, -0.15) is 0 Å². The molecule has 1 heterocycles. The molecular formula is C17H14F2N2. The SMILES string of the molecule is CNC(c1cccc(F)c1F)c1cccc2cnccc12. The second kappa shape index (κ2) is 5.58. The fourth-order valence-corrected chi connectivity index (χ4v) is 2.62. The Hall–Kier alpha value is -2.33. The van der Waals surface area contributed by atoms with E-state index in [0.717, 1.165) is 22.4 Å². The van der Waals surface area contributed by atoms with Gasteiger partial charge in [-0.3, -0.25) is 4.98 Å². The summed E-state index contributed by atoms with van der Waals surface area (Å²) in [7, 11) is 1.73. The summed E-state index contributed by atoms with van der Waals surface area (Å²) in [6.45, 7) is 0. The number of rotatable bonds is 3. The highest BCUT2D eigenvalue weighted by Gasteiger charge is 2.20. The van der Waals surface area contributed by atoms with Crippen molar-refractivity contribution in [2.45, 2.75) is 6.04 Å². The number of benzene rings is 2. The summed E-state index contributed by atoms with van der Waals surface area (Å²) in [6, 6.07) is 11.4. The Bertz CT molecular complexity index is 781. The van der Waals surface area contributed by atoms with Crippen molar-refractivity contribution < 1.29 is 8.78 Å². The zero-order valence-corrected chi connectivity index (χ0v) is 11.5. The van der Waals surface area contributed by atoms with E-state index in [0.29, 0.717) is 5.56 Å². The molecule has 1 atom stereocenters. The third-order valence-corrected chi connectivity index (χ3v) is 3.61. The molecule has 1 aromatic heterocycles. The quantitative estimate of drug-likeness (QED) is 0.791. The smallest absolute Gasteiger partial charge is 0.163 e. The van der Waals surface area contributed by atoms with Gasteiger partial charge in [0.15, 0.2) is 11.6 Å². The summed E-state index contributed by atoms with van der Waals surface area (Å²) in [6.07, 6.45) is 3.45. The van der Waals surface area contributed by atoms with Crippen LogP contribution in [0.1, 0.15) is 17.2 Å². The van der Waals surface area contributed by atoms with Crippen LogP contribution in [0, 0.1) is 11.6 Å². The molecule has 0 fully saturated rings. The Labute approximate surface area is 121 Å². The van der Waals surface area contributed by atoms with Gasteiger partial charge in [0.25, 0.3) is 0 Å². The summed E-state index contributed by atoms with van der Waals surface area (Å²) in [4.78, 5) is 4.09. The highest BCUT2D eigenvalue weighted by atomic mass is 19.2. The molecular weight excluding hydrogens is 270 g/mol. The maximum Gasteiger partial charge on any atom is 0.163 e. The van der Waals surface area contributed by atoms with Gasteiger partial charge in [0.05, 0.1) is 6.04 Å². The van der Waals surface area contributed by atoms with Crippen molar-refractivity contribution in [2.75, 3.05) is 7.05 Å². The molecule has 0 aliphatic carbocycles.